The van der Waals surface area contributed by atoms with E-state index in [1.165, 1.54) is 36.0 Å². The van der Waals surface area contributed by atoms with E-state index in [-0.39, 0.29) is 17.3 Å². The molecule has 0 aliphatic rings. The van der Waals surface area contributed by atoms with Crippen molar-refractivity contribution in [2.75, 3.05) is 5.32 Å². The van der Waals surface area contributed by atoms with Crippen LogP contribution in [0, 0.1) is 11.7 Å². The summed E-state index contributed by atoms with van der Waals surface area (Å²) in [7, 11) is 0. The first-order valence-corrected chi connectivity index (χ1v) is 11.7. The van der Waals surface area contributed by atoms with Crippen LogP contribution in [0.1, 0.15) is 50.0 Å². The summed E-state index contributed by atoms with van der Waals surface area (Å²) in [6, 6.07) is 11.7. The molecule has 1 heterocycles. The third kappa shape index (κ3) is 6.57. The van der Waals surface area contributed by atoms with Gasteiger partial charge in [-0.15, -0.1) is 10.2 Å². The van der Waals surface area contributed by atoms with Crippen LogP contribution in [0.3, 0.4) is 0 Å². The van der Waals surface area contributed by atoms with E-state index in [0.717, 1.165) is 0 Å². The summed E-state index contributed by atoms with van der Waals surface area (Å²) in [6.07, 6.45) is -0.442. The van der Waals surface area contributed by atoms with E-state index in [1.54, 1.807) is 31.2 Å². The Labute approximate surface area is 201 Å². The van der Waals surface area contributed by atoms with Crippen LogP contribution in [-0.2, 0) is 11.3 Å². The van der Waals surface area contributed by atoms with Crippen LogP contribution in [0.2, 0.25) is 0 Å². The first-order valence-electron chi connectivity index (χ1n) is 10.8. The van der Waals surface area contributed by atoms with Crippen molar-refractivity contribution in [2.45, 2.75) is 50.8 Å². The van der Waals surface area contributed by atoms with Gasteiger partial charge in [0.2, 0.25) is 5.91 Å². The number of thioether (sulfide) groups is 1. The van der Waals surface area contributed by atoms with Crippen molar-refractivity contribution in [3.63, 3.8) is 0 Å². The molecule has 1 aromatic heterocycles. The van der Waals surface area contributed by atoms with Crippen LogP contribution in [0.15, 0.2) is 53.7 Å². The number of benzene rings is 2. The Bertz CT molecular complexity index is 1130. The van der Waals surface area contributed by atoms with Gasteiger partial charge in [-0.3, -0.25) is 4.79 Å². The van der Waals surface area contributed by atoms with E-state index < -0.39 is 17.3 Å². The molecular weight excluding hydrogens is 459 g/mol. The molecule has 2 N–H and O–H groups in total. The molecule has 3 aromatic rings. The monoisotopic (exact) mass is 486 g/mol. The minimum atomic E-state index is -1.03. The summed E-state index contributed by atoms with van der Waals surface area (Å²) >= 11 is 1.27. The van der Waals surface area contributed by atoms with Crippen molar-refractivity contribution in [3.05, 3.63) is 65.7 Å². The topological polar surface area (TPSA) is 106 Å². The van der Waals surface area contributed by atoms with Gasteiger partial charge in [-0.05, 0) is 68.3 Å². The number of nitrogens with one attached hydrogen (secondary N) is 1. The normalized spacial score (nSPS) is 12.9. The molecule has 180 valence electrons. The van der Waals surface area contributed by atoms with Gasteiger partial charge in [-0.2, -0.15) is 0 Å². The van der Waals surface area contributed by atoms with E-state index in [4.69, 9.17) is 9.84 Å². The molecule has 1 amide bonds. The molecule has 10 heteroatoms. The standard InChI is InChI=1S/C24H27FN4O4S/c1-14(2)13-29-21(15(3)33-20-11-7-18(25)8-12-20)27-28-24(29)34-16(4)22(30)26-19-9-5-17(6-10-19)23(31)32/h5-12,14-16H,13H2,1-4H3,(H,26,30)(H,31,32). The van der Waals surface area contributed by atoms with Gasteiger partial charge >= 0.3 is 5.97 Å². The zero-order chi connectivity index (χ0) is 24.8. The molecule has 0 spiro atoms. The Morgan fingerprint density at radius 1 is 1.06 bits per heavy atom. The summed E-state index contributed by atoms with van der Waals surface area (Å²) in [4.78, 5) is 23.7. The second-order valence-corrected chi connectivity index (χ2v) is 9.50. The largest absolute Gasteiger partial charge is 0.483 e. The van der Waals surface area contributed by atoms with E-state index in [2.05, 4.69) is 29.4 Å². The summed E-state index contributed by atoms with van der Waals surface area (Å²) in [5.41, 5.74) is 0.653. The molecule has 0 radical (unpaired) electrons. The lowest BCUT2D eigenvalue weighted by Crippen LogP contribution is -2.23. The Balaban J connectivity index is 1.72. The highest BCUT2D eigenvalue weighted by molar-refractivity contribution is 8.00. The number of carbonyl (C=O) groups is 2. The van der Waals surface area contributed by atoms with Crippen molar-refractivity contribution in [1.82, 2.24) is 14.8 Å². The number of ether oxygens (including phenoxy) is 1. The van der Waals surface area contributed by atoms with Gasteiger partial charge in [-0.1, -0.05) is 25.6 Å². The molecule has 8 nitrogen and oxygen atoms in total. The average molecular weight is 487 g/mol. The number of aromatic nitrogens is 3. The molecule has 0 bridgehead atoms. The van der Waals surface area contributed by atoms with E-state index in [9.17, 15) is 14.0 Å². The lowest BCUT2D eigenvalue weighted by molar-refractivity contribution is -0.115. The predicted octanol–water partition coefficient (Wildman–Crippen LogP) is 5.03. The average Bonchev–Trinajstić information content (AvgIpc) is 3.17. The number of hydrogen-bond acceptors (Lipinski definition) is 6. The second kappa shape index (κ2) is 11.1. The number of nitrogens with zero attached hydrogens (tertiary/aromatic N) is 3. The van der Waals surface area contributed by atoms with E-state index in [1.807, 2.05) is 11.5 Å². The molecule has 3 rings (SSSR count). The Morgan fingerprint density at radius 2 is 1.71 bits per heavy atom. The fraction of sp³-hybridized carbons (Fsp3) is 0.333. The minimum absolute atomic E-state index is 0.145. The first-order chi connectivity index (χ1) is 16.1. The SMILES string of the molecule is CC(C)Cn1c(SC(C)C(=O)Nc2ccc(C(=O)O)cc2)nnc1C(C)Oc1ccc(F)cc1. The van der Waals surface area contributed by atoms with Crippen LogP contribution in [0.5, 0.6) is 5.75 Å². The zero-order valence-electron chi connectivity index (χ0n) is 19.4. The number of hydrogen-bond donors (Lipinski definition) is 2. The highest BCUT2D eigenvalue weighted by Crippen LogP contribution is 2.28. The van der Waals surface area contributed by atoms with Crippen LogP contribution in [0.25, 0.3) is 0 Å². The number of rotatable bonds is 10. The molecule has 0 fully saturated rings. The van der Waals surface area contributed by atoms with Gasteiger partial charge in [0.15, 0.2) is 17.1 Å². The summed E-state index contributed by atoms with van der Waals surface area (Å²) in [6.45, 7) is 8.38. The van der Waals surface area contributed by atoms with Crippen molar-refractivity contribution in [1.29, 1.82) is 0 Å². The number of amides is 1. The highest BCUT2D eigenvalue weighted by Gasteiger charge is 2.24. The van der Waals surface area contributed by atoms with Crippen LogP contribution < -0.4 is 10.1 Å². The number of carbonyl (C=O) groups excluding carboxylic acids is 1. The zero-order valence-corrected chi connectivity index (χ0v) is 20.2. The fourth-order valence-electron chi connectivity index (χ4n) is 3.15. The smallest absolute Gasteiger partial charge is 0.335 e. The van der Waals surface area contributed by atoms with Crippen molar-refractivity contribution >= 4 is 29.3 Å². The number of carboxylic acid groups (broad SMARTS) is 1. The van der Waals surface area contributed by atoms with Gasteiger partial charge < -0.3 is 19.7 Å². The molecule has 0 aliphatic heterocycles. The first kappa shape index (κ1) is 25.2. The molecular formula is C24H27FN4O4S. The van der Waals surface area contributed by atoms with E-state index >= 15 is 0 Å². The van der Waals surface area contributed by atoms with Crippen LogP contribution >= 0.6 is 11.8 Å². The summed E-state index contributed by atoms with van der Waals surface area (Å²) in [5.74, 6) is -0.193. The van der Waals surface area contributed by atoms with Gasteiger partial charge in [0, 0.05) is 12.2 Å². The van der Waals surface area contributed by atoms with Gasteiger partial charge in [0.1, 0.15) is 11.6 Å². The lowest BCUT2D eigenvalue weighted by Gasteiger charge is -2.18. The molecule has 0 saturated heterocycles. The van der Waals surface area contributed by atoms with Crippen molar-refractivity contribution < 1.29 is 23.8 Å². The third-order valence-electron chi connectivity index (χ3n) is 4.83. The second-order valence-electron chi connectivity index (χ2n) is 8.19. The minimum Gasteiger partial charge on any atom is -0.483 e. The molecule has 34 heavy (non-hydrogen) atoms. The maximum atomic E-state index is 13.2. The number of anilines is 1. The summed E-state index contributed by atoms with van der Waals surface area (Å²) < 4.78 is 21.1. The number of carboxylic acids is 1. The van der Waals surface area contributed by atoms with Gasteiger partial charge in [-0.25, -0.2) is 9.18 Å². The fourth-order valence-corrected chi connectivity index (χ4v) is 4.01. The Hall–Kier alpha value is -3.40. The maximum Gasteiger partial charge on any atom is 0.335 e. The molecule has 2 aromatic carbocycles. The Kier molecular flexibility index (Phi) is 8.27. The Morgan fingerprint density at radius 3 is 2.29 bits per heavy atom. The highest BCUT2D eigenvalue weighted by atomic mass is 32.2. The molecule has 2 atom stereocenters. The lowest BCUT2D eigenvalue weighted by atomic mass is 10.2. The number of halogens is 1. The van der Waals surface area contributed by atoms with Crippen molar-refractivity contribution in [3.8, 4) is 5.75 Å². The van der Waals surface area contributed by atoms with Gasteiger partial charge in [0.25, 0.3) is 0 Å². The molecule has 0 aliphatic carbocycles. The number of aromatic carboxylic acids is 1. The van der Waals surface area contributed by atoms with Crippen LogP contribution in [-0.4, -0.2) is 37.0 Å². The van der Waals surface area contributed by atoms with Gasteiger partial charge in [0.05, 0.1) is 10.8 Å². The predicted molar refractivity (Wildman–Crippen MR) is 128 cm³/mol. The third-order valence-corrected chi connectivity index (χ3v) is 5.91. The van der Waals surface area contributed by atoms with Crippen molar-refractivity contribution in [2.24, 2.45) is 5.92 Å². The van der Waals surface area contributed by atoms with E-state index in [0.29, 0.717) is 34.9 Å². The quantitative estimate of drug-likeness (QED) is 0.387. The molecule has 0 saturated carbocycles. The van der Waals surface area contributed by atoms with Crippen LogP contribution in [0.4, 0.5) is 10.1 Å². The molecule has 2 unspecified atom stereocenters. The summed E-state index contributed by atoms with van der Waals surface area (Å²) in [5, 5.41) is 20.5. The maximum absolute atomic E-state index is 13.2.